The Kier molecular flexibility index (Phi) is 8.99. The van der Waals surface area contributed by atoms with Crippen molar-refractivity contribution in [3.63, 3.8) is 0 Å². The van der Waals surface area contributed by atoms with Gasteiger partial charge in [0, 0.05) is 11.3 Å². The highest BCUT2D eigenvalue weighted by Gasteiger charge is 2.34. The van der Waals surface area contributed by atoms with Gasteiger partial charge in [0.15, 0.2) is 4.80 Å². The molecule has 8 nitrogen and oxygen atoms in total. The number of rotatable bonds is 7. The fraction of sp³-hybridized carbons (Fsp3) is 0.219. The number of nitrogens with zero attached hydrogens (tertiary/aromatic N) is 4. The van der Waals surface area contributed by atoms with Crippen molar-refractivity contribution < 1.29 is 27.4 Å². The van der Waals surface area contributed by atoms with Crippen molar-refractivity contribution in [1.82, 2.24) is 9.55 Å². The molecule has 2 aromatic heterocycles. The Hall–Kier alpha value is -4.67. The average molecular weight is 651 g/mol. The predicted octanol–water partition coefficient (Wildman–Crippen LogP) is 5.30. The SMILES string of the molecule is COC(=O)C1=C(C)N=c2s/c(=C\c3ccc(OC)c(CSc4nc(C(F)(F)F)cc(C)c4C#N)c3)c(=O)n2[C@@H]1c1ccccc1. The van der Waals surface area contributed by atoms with Crippen molar-refractivity contribution in [3.8, 4) is 11.8 Å². The summed E-state index contributed by atoms with van der Waals surface area (Å²) < 4.78 is 52.6. The predicted molar refractivity (Wildman–Crippen MR) is 163 cm³/mol. The van der Waals surface area contributed by atoms with Gasteiger partial charge in [-0.2, -0.15) is 18.4 Å². The monoisotopic (exact) mass is 650 g/mol. The van der Waals surface area contributed by atoms with E-state index in [9.17, 15) is 28.0 Å². The van der Waals surface area contributed by atoms with E-state index in [2.05, 4.69) is 9.98 Å². The van der Waals surface area contributed by atoms with Crippen molar-refractivity contribution in [1.29, 1.82) is 5.26 Å². The molecule has 0 aliphatic carbocycles. The van der Waals surface area contributed by atoms with Gasteiger partial charge in [-0.25, -0.2) is 14.8 Å². The van der Waals surface area contributed by atoms with Crippen LogP contribution < -0.4 is 19.6 Å². The fourth-order valence-electron chi connectivity index (χ4n) is 4.97. The number of alkyl halides is 3. The number of thiazole rings is 1. The van der Waals surface area contributed by atoms with Gasteiger partial charge in [-0.05, 0) is 54.8 Å². The molecule has 0 bridgehead atoms. The van der Waals surface area contributed by atoms with E-state index < -0.39 is 23.9 Å². The van der Waals surface area contributed by atoms with Crippen LogP contribution in [0.5, 0.6) is 5.75 Å². The van der Waals surface area contributed by atoms with Crippen LogP contribution in [0.3, 0.4) is 0 Å². The van der Waals surface area contributed by atoms with E-state index in [4.69, 9.17) is 9.47 Å². The Balaban J connectivity index is 1.56. The minimum atomic E-state index is -4.66. The van der Waals surface area contributed by atoms with E-state index in [1.807, 2.05) is 36.4 Å². The first-order valence-corrected chi connectivity index (χ1v) is 15.2. The van der Waals surface area contributed by atoms with Crippen molar-refractivity contribution in [2.75, 3.05) is 14.2 Å². The molecular weight excluding hydrogens is 626 g/mol. The number of nitriles is 1. The molecule has 4 aromatic rings. The maximum absolute atomic E-state index is 13.8. The van der Waals surface area contributed by atoms with Crippen LogP contribution in [-0.4, -0.2) is 29.7 Å². The largest absolute Gasteiger partial charge is 0.496 e. The number of hydrogen-bond donors (Lipinski definition) is 0. The summed E-state index contributed by atoms with van der Waals surface area (Å²) in [7, 11) is 2.75. The summed E-state index contributed by atoms with van der Waals surface area (Å²) in [6.07, 6.45) is -2.98. The Morgan fingerprint density at radius 1 is 1.16 bits per heavy atom. The van der Waals surface area contributed by atoms with Gasteiger partial charge in [0.2, 0.25) is 0 Å². The van der Waals surface area contributed by atoms with Crippen LogP contribution in [0, 0.1) is 18.3 Å². The molecule has 0 amide bonds. The molecule has 1 atom stereocenters. The Morgan fingerprint density at radius 2 is 1.89 bits per heavy atom. The smallest absolute Gasteiger partial charge is 0.433 e. The zero-order valence-corrected chi connectivity index (χ0v) is 26.1. The second kappa shape index (κ2) is 12.7. The summed E-state index contributed by atoms with van der Waals surface area (Å²) >= 11 is 2.16. The van der Waals surface area contributed by atoms with Gasteiger partial charge >= 0.3 is 12.1 Å². The highest BCUT2D eigenvalue weighted by atomic mass is 32.2. The highest BCUT2D eigenvalue weighted by Crippen LogP contribution is 2.35. The lowest BCUT2D eigenvalue weighted by molar-refractivity contribution is -0.141. The second-order valence-electron chi connectivity index (χ2n) is 9.96. The van der Waals surface area contributed by atoms with Gasteiger partial charge in [-0.1, -0.05) is 47.7 Å². The first-order chi connectivity index (χ1) is 21.5. The summed E-state index contributed by atoms with van der Waals surface area (Å²) in [4.78, 5) is 35.4. The third-order valence-electron chi connectivity index (χ3n) is 7.09. The number of fused-ring (bicyclic) bond motifs is 1. The molecule has 0 radical (unpaired) electrons. The van der Waals surface area contributed by atoms with E-state index in [1.165, 1.54) is 37.0 Å². The molecule has 0 fully saturated rings. The number of hydrogen-bond acceptors (Lipinski definition) is 9. The number of esters is 1. The normalized spacial score (nSPS) is 14.9. The molecule has 13 heteroatoms. The van der Waals surface area contributed by atoms with Crippen molar-refractivity contribution in [2.24, 2.45) is 4.99 Å². The second-order valence-corrected chi connectivity index (χ2v) is 11.9. The van der Waals surface area contributed by atoms with E-state index in [0.29, 0.717) is 31.9 Å². The first kappa shape index (κ1) is 31.7. The number of thioether (sulfide) groups is 1. The number of carbonyl (C=O) groups is 1. The summed E-state index contributed by atoms with van der Waals surface area (Å²) in [6.45, 7) is 3.14. The molecule has 45 heavy (non-hydrogen) atoms. The number of aryl methyl sites for hydroxylation is 1. The summed E-state index contributed by atoms with van der Waals surface area (Å²) in [6, 6.07) is 16.4. The number of benzene rings is 2. The third-order valence-corrected chi connectivity index (χ3v) is 9.10. The Labute approximate surface area is 263 Å². The Bertz CT molecular complexity index is 2060. The van der Waals surface area contributed by atoms with E-state index >= 15 is 0 Å². The first-order valence-electron chi connectivity index (χ1n) is 13.4. The van der Waals surface area contributed by atoms with Crippen LogP contribution >= 0.6 is 23.1 Å². The van der Waals surface area contributed by atoms with Gasteiger partial charge < -0.3 is 9.47 Å². The molecule has 2 aromatic carbocycles. The van der Waals surface area contributed by atoms with Crippen LogP contribution in [0.15, 0.2) is 80.7 Å². The summed E-state index contributed by atoms with van der Waals surface area (Å²) in [5.74, 6) is 0.0388. The molecular formula is C32H25F3N4O4S2. The molecule has 5 rings (SSSR count). The van der Waals surface area contributed by atoms with Gasteiger partial charge in [-0.3, -0.25) is 9.36 Å². The number of allylic oxidation sites excluding steroid dienone is 1. The maximum atomic E-state index is 13.8. The van der Waals surface area contributed by atoms with Crippen LogP contribution in [0.2, 0.25) is 0 Å². The third kappa shape index (κ3) is 6.29. The van der Waals surface area contributed by atoms with Gasteiger partial charge in [-0.15, -0.1) is 11.8 Å². The number of pyridine rings is 1. The van der Waals surface area contributed by atoms with E-state index in [0.717, 1.165) is 23.4 Å². The van der Waals surface area contributed by atoms with Crippen molar-refractivity contribution in [2.45, 2.75) is 36.8 Å². The molecule has 0 saturated carbocycles. The summed E-state index contributed by atoms with van der Waals surface area (Å²) in [5.41, 5.74) is 1.51. The fourth-order valence-corrected chi connectivity index (χ4v) is 7.05. The molecule has 0 unspecified atom stereocenters. The van der Waals surface area contributed by atoms with Crippen molar-refractivity contribution >= 4 is 35.1 Å². The van der Waals surface area contributed by atoms with Crippen LogP contribution in [0.1, 0.15) is 46.5 Å². The molecule has 1 aliphatic heterocycles. The van der Waals surface area contributed by atoms with Gasteiger partial charge in [0.1, 0.15) is 22.5 Å². The molecule has 0 saturated heterocycles. The number of aromatic nitrogens is 2. The maximum Gasteiger partial charge on any atom is 0.433 e. The standard InChI is InChI=1S/C32H25F3N4O4S2/c1-17-12-25(32(33,34)35)38-28(22(17)15-36)44-16-21-13-19(10-11-23(21)42-3)14-24-29(40)39-27(20-8-6-5-7-9-20)26(30(41)43-4)18(2)37-31(39)45-24/h5-14,27H,16H2,1-4H3/b24-14-/t27-/m1/s1. The van der Waals surface area contributed by atoms with E-state index in [1.54, 1.807) is 31.2 Å². The van der Waals surface area contributed by atoms with E-state index in [-0.39, 0.29) is 33.0 Å². The number of carbonyl (C=O) groups excluding carboxylic acids is 1. The van der Waals surface area contributed by atoms with Crippen LogP contribution in [-0.2, 0) is 21.5 Å². The molecule has 0 N–H and O–H groups in total. The number of ether oxygens (including phenoxy) is 2. The molecule has 0 spiro atoms. The quantitative estimate of drug-likeness (QED) is 0.197. The van der Waals surface area contributed by atoms with Gasteiger partial charge in [0.05, 0.1) is 41.6 Å². The lowest BCUT2D eigenvalue weighted by Crippen LogP contribution is -2.39. The lowest BCUT2D eigenvalue weighted by Gasteiger charge is -2.24. The average Bonchev–Trinajstić information content (AvgIpc) is 3.32. The Morgan fingerprint density at radius 3 is 2.53 bits per heavy atom. The number of methoxy groups -OCH3 is 2. The summed E-state index contributed by atoms with van der Waals surface area (Å²) in [5, 5.41) is 9.54. The topological polar surface area (TPSA) is 107 Å². The number of halogens is 3. The van der Waals surface area contributed by atoms with Crippen LogP contribution in [0.4, 0.5) is 13.2 Å². The lowest BCUT2D eigenvalue weighted by atomic mass is 9.96. The van der Waals surface area contributed by atoms with Crippen molar-refractivity contribution in [3.05, 3.63) is 119 Å². The molecule has 3 heterocycles. The molecule has 230 valence electrons. The van der Waals surface area contributed by atoms with Gasteiger partial charge in [0.25, 0.3) is 5.56 Å². The zero-order valence-electron chi connectivity index (χ0n) is 24.4. The minimum Gasteiger partial charge on any atom is -0.496 e. The molecule has 1 aliphatic rings. The highest BCUT2D eigenvalue weighted by molar-refractivity contribution is 7.98. The minimum absolute atomic E-state index is 0.0386. The van der Waals surface area contributed by atoms with Crippen LogP contribution in [0.25, 0.3) is 6.08 Å². The zero-order chi connectivity index (χ0) is 32.5.